The van der Waals surface area contributed by atoms with E-state index in [1.807, 2.05) is 36.4 Å². The van der Waals surface area contributed by atoms with Gasteiger partial charge in [0.2, 0.25) is 11.8 Å². The maximum Gasteiger partial charge on any atom is 0.239 e. The Morgan fingerprint density at radius 3 is 2.65 bits per heavy atom. The number of hydrogen-bond donors (Lipinski definition) is 1. The van der Waals surface area contributed by atoms with Crippen LogP contribution in [0.2, 0.25) is 0 Å². The van der Waals surface area contributed by atoms with Crippen LogP contribution in [0.25, 0.3) is 0 Å². The van der Waals surface area contributed by atoms with E-state index < -0.39 is 5.92 Å². The van der Waals surface area contributed by atoms with Gasteiger partial charge in [-0.05, 0) is 24.1 Å². The van der Waals surface area contributed by atoms with E-state index in [2.05, 4.69) is 5.32 Å². The molecule has 1 saturated heterocycles. The molecule has 2 aromatic rings. The SMILES string of the molecule is O=C(NCc1ccccc1)C1CCN(c2ccc3c(c2)OCCO3)C1=O. The summed E-state index contributed by atoms with van der Waals surface area (Å²) in [4.78, 5) is 26.8. The Kier molecular flexibility index (Phi) is 4.48. The predicted molar refractivity (Wildman–Crippen MR) is 96.2 cm³/mol. The number of ether oxygens (including phenoxy) is 2. The van der Waals surface area contributed by atoms with Gasteiger partial charge in [0.1, 0.15) is 19.1 Å². The van der Waals surface area contributed by atoms with Gasteiger partial charge in [0.25, 0.3) is 0 Å². The van der Waals surface area contributed by atoms with Crippen molar-refractivity contribution in [2.45, 2.75) is 13.0 Å². The molecule has 4 rings (SSSR count). The van der Waals surface area contributed by atoms with Gasteiger partial charge in [-0.1, -0.05) is 30.3 Å². The minimum absolute atomic E-state index is 0.174. The third kappa shape index (κ3) is 3.22. The number of nitrogens with zero attached hydrogens (tertiary/aromatic N) is 1. The highest BCUT2D eigenvalue weighted by molar-refractivity contribution is 6.09. The summed E-state index contributed by atoms with van der Waals surface area (Å²) >= 11 is 0. The minimum Gasteiger partial charge on any atom is -0.486 e. The summed E-state index contributed by atoms with van der Waals surface area (Å²) in [5.74, 6) is 0.278. The highest BCUT2D eigenvalue weighted by Crippen LogP contribution is 2.36. The first-order valence-electron chi connectivity index (χ1n) is 8.75. The van der Waals surface area contributed by atoms with Crippen molar-refractivity contribution in [3.8, 4) is 11.5 Å². The van der Waals surface area contributed by atoms with Crippen molar-refractivity contribution < 1.29 is 19.1 Å². The Hall–Kier alpha value is -3.02. The van der Waals surface area contributed by atoms with Crippen LogP contribution in [0.4, 0.5) is 5.69 Å². The largest absolute Gasteiger partial charge is 0.486 e. The molecule has 1 N–H and O–H groups in total. The molecular weight excluding hydrogens is 332 g/mol. The number of anilines is 1. The van der Waals surface area contributed by atoms with Crippen LogP contribution < -0.4 is 19.7 Å². The molecule has 0 aromatic heterocycles. The van der Waals surface area contributed by atoms with Gasteiger partial charge in [-0.15, -0.1) is 0 Å². The number of benzene rings is 2. The Bertz CT molecular complexity index is 822. The normalized spacial score (nSPS) is 18.7. The molecule has 2 aliphatic heterocycles. The topological polar surface area (TPSA) is 67.9 Å². The average molecular weight is 352 g/mol. The monoisotopic (exact) mass is 352 g/mol. The zero-order valence-corrected chi connectivity index (χ0v) is 14.3. The Morgan fingerprint density at radius 2 is 1.85 bits per heavy atom. The molecule has 2 heterocycles. The number of amides is 2. The number of nitrogens with one attached hydrogen (secondary N) is 1. The fraction of sp³-hybridized carbons (Fsp3) is 0.300. The number of rotatable bonds is 4. The van der Waals surface area contributed by atoms with Gasteiger partial charge >= 0.3 is 0 Å². The first kappa shape index (κ1) is 16.4. The van der Waals surface area contributed by atoms with E-state index >= 15 is 0 Å². The molecule has 26 heavy (non-hydrogen) atoms. The van der Waals surface area contributed by atoms with Crippen molar-refractivity contribution in [2.24, 2.45) is 5.92 Å². The lowest BCUT2D eigenvalue weighted by molar-refractivity contribution is -0.132. The third-order valence-corrected chi connectivity index (χ3v) is 4.67. The smallest absolute Gasteiger partial charge is 0.239 e. The standard InChI is InChI=1S/C20H20N2O4/c23-19(21-13-14-4-2-1-3-5-14)16-8-9-22(20(16)24)15-6-7-17-18(12-15)26-11-10-25-17/h1-7,12,16H,8-11,13H2,(H,21,23). The Balaban J connectivity index is 1.42. The highest BCUT2D eigenvalue weighted by atomic mass is 16.6. The summed E-state index contributed by atoms with van der Waals surface area (Å²) in [5, 5.41) is 2.86. The second-order valence-electron chi connectivity index (χ2n) is 6.36. The summed E-state index contributed by atoms with van der Waals surface area (Å²) in [7, 11) is 0. The van der Waals surface area contributed by atoms with Crippen LogP contribution in [-0.2, 0) is 16.1 Å². The summed E-state index contributed by atoms with van der Waals surface area (Å²) < 4.78 is 11.1. The van der Waals surface area contributed by atoms with Crippen molar-refractivity contribution in [2.75, 3.05) is 24.7 Å². The lowest BCUT2D eigenvalue weighted by Gasteiger charge is -2.22. The molecule has 0 aliphatic carbocycles. The van der Waals surface area contributed by atoms with Gasteiger partial charge < -0.3 is 19.7 Å². The van der Waals surface area contributed by atoms with E-state index in [1.54, 1.807) is 17.0 Å². The van der Waals surface area contributed by atoms with Gasteiger partial charge in [-0.2, -0.15) is 0 Å². The van der Waals surface area contributed by atoms with Crippen LogP contribution in [0.15, 0.2) is 48.5 Å². The number of carbonyl (C=O) groups excluding carboxylic acids is 2. The minimum atomic E-state index is -0.646. The van der Waals surface area contributed by atoms with Crippen molar-refractivity contribution in [1.82, 2.24) is 5.32 Å². The average Bonchev–Trinajstić information content (AvgIpc) is 3.08. The van der Waals surface area contributed by atoms with E-state index in [0.717, 1.165) is 11.3 Å². The number of carbonyl (C=O) groups is 2. The second kappa shape index (κ2) is 7.07. The van der Waals surface area contributed by atoms with Crippen LogP contribution in [0.3, 0.4) is 0 Å². The molecule has 2 amide bonds. The Labute approximate surface area is 151 Å². The lowest BCUT2D eigenvalue weighted by atomic mass is 10.1. The molecule has 1 unspecified atom stereocenters. The third-order valence-electron chi connectivity index (χ3n) is 4.67. The first-order valence-corrected chi connectivity index (χ1v) is 8.75. The molecule has 0 spiro atoms. The number of hydrogen-bond acceptors (Lipinski definition) is 4. The molecule has 0 saturated carbocycles. The van der Waals surface area contributed by atoms with E-state index in [0.29, 0.717) is 44.2 Å². The first-order chi connectivity index (χ1) is 12.7. The van der Waals surface area contributed by atoms with E-state index in [-0.39, 0.29) is 11.8 Å². The fourth-order valence-corrected chi connectivity index (χ4v) is 3.29. The quantitative estimate of drug-likeness (QED) is 0.856. The van der Waals surface area contributed by atoms with Gasteiger partial charge in [0.05, 0.1) is 0 Å². The molecule has 6 nitrogen and oxygen atoms in total. The molecule has 0 bridgehead atoms. The predicted octanol–water partition coefficient (Wildman–Crippen LogP) is 2.13. The molecule has 2 aliphatic rings. The molecule has 2 aromatic carbocycles. The Morgan fingerprint density at radius 1 is 1.08 bits per heavy atom. The van der Waals surface area contributed by atoms with Crippen LogP contribution in [0.5, 0.6) is 11.5 Å². The van der Waals surface area contributed by atoms with Crippen LogP contribution in [0, 0.1) is 5.92 Å². The zero-order chi connectivity index (χ0) is 17.9. The maximum atomic E-state index is 12.7. The van der Waals surface area contributed by atoms with Gasteiger partial charge in [0.15, 0.2) is 11.5 Å². The van der Waals surface area contributed by atoms with Crippen molar-refractivity contribution >= 4 is 17.5 Å². The van der Waals surface area contributed by atoms with Gasteiger partial charge in [-0.25, -0.2) is 0 Å². The van der Waals surface area contributed by atoms with Crippen LogP contribution >= 0.6 is 0 Å². The summed E-state index contributed by atoms with van der Waals surface area (Å²) in [6.07, 6.45) is 0.508. The molecular formula is C20H20N2O4. The van der Waals surface area contributed by atoms with Crippen molar-refractivity contribution in [1.29, 1.82) is 0 Å². The van der Waals surface area contributed by atoms with Gasteiger partial charge in [0, 0.05) is 24.8 Å². The highest BCUT2D eigenvalue weighted by Gasteiger charge is 2.37. The van der Waals surface area contributed by atoms with E-state index in [9.17, 15) is 9.59 Å². The van der Waals surface area contributed by atoms with E-state index in [1.165, 1.54) is 0 Å². The maximum absolute atomic E-state index is 12.7. The summed E-state index contributed by atoms with van der Waals surface area (Å²) in [5.41, 5.74) is 1.74. The molecule has 1 fully saturated rings. The van der Waals surface area contributed by atoms with Crippen molar-refractivity contribution in [3.63, 3.8) is 0 Å². The van der Waals surface area contributed by atoms with Crippen LogP contribution in [0.1, 0.15) is 12.0 Å². The number of fused-ring (bicyclic) bond motifs is 1. The fourth-order valence-electron chi connectivity index (χ4n) is 3.29. The second-order valence-corrected chi connectivity index (χ2v) is 6.36. The summed E-state index contributed by atoms with van der Waals surface area (Å²) in [6.45, 7) is 1.96. The molecule has 0 radical (unpaired) electrons. The zero-order valence-electron chi connectivity index (χ0n) is 14.3. The molecule has 1 atom stereocenters. The summed E-state index contributed by atoms with van der Waals surface area (Å²) in [6, 6.07) is 15.1. The van der Waals surface area contributed by atoms with Gasteiger partial charge in [-0.3, -0.25) is 9.59 Å². The van der Waals surface area contributed by atoms with Crippen molar-refractivity contribution in [3.05, 3.63) is 54.1 Å². The molecule has 6 heteroatoms. The molecule has 134 valence electrons. The van der Waals surface area contributed by atoms with E-state index in [4.69, 9.17) is 9.47 Å². The van der Waals surface area contributed by atoms with Crippen LogP contribution in [-0.4, -0.2) is 31.6 Å². The lowest BCUT2D eigenvalue weighted by Crippen LogP contribution is -2.36.